The van der Waals surface area contributed by atoms with Gasteiger partial charge in [0.15, 0.2) is 0 Å². The minimum atomic E-state index is -0.460. The minimum absolute atomic E-state index is 0.0569. The van der Waals surface area contributed by atoms with Crippen LogP contribution in [0, 0.1) is 5.41 Å². The van der Waals surface area contributed by atoms with Crippen molar-refractivity contribution in [1.82, 2.24) is 5.32 Å². The summed E-state index contributed by atoms with van der Waals surface area (Å²) in [5.74, 6) is 0. The predicted molar refractivity (Wildman–Crippen MR) is 50.5 cm³/mol. The summed E-state index contributed by atoms with van der Waals surface area (Å²) in [7, 11) is 0. The number of nitrogens with one attached hydrogen (secondary N) is 1. The molecule has 0 aliphatic rings. The minimum Gasteiger partial charge on any atom is -0.447 e. The molecule has 0 rings (SSSR count). The highest BCUT2D eigenvalue weighted by molar-refractivity contribution is 5.66. The van der Waals surface area contributed by atoms with Crippen LogP contribution < -0.4 is 5.32 Å². The van der Waals surface area contributed by atoms with Crippen LogP contribution in [-0.2, 0) is 4.74 Å². The number of hydrogen-bond acceptors (Lipinski definition) is 3. The molecule has 0 aromatic heterocycles. The van der Waals surface area contributed by atoms with Gasteiger partial charge in [-0.1, -0.05) is 20.8 Å². The number of ether oxygens (including phenoxy) is 1. The lowest BCUT2D eigenvalue weighted by atomic mass is 9.92. The average molecular weight is 189 g/mol. The first-order valence-electron chi connectivity index (χ1n) is 4.47. The van der Waals surface area contributed by atoms with E-state index in [4.69, 9.17) is 5.11 Å². The number of hydrogen-bond donors (Lipinski definition) is 2. The van der Waals surface area contributed by atoms with Gasteiger partial charge < -0.3 is 15.2 Å². The molecule has 0 aliphatic heterocycles. The maximum atomic E-state index is 10.8. The van der Waals surface area contributed by atoms with Gasteiger partial charge in [0, 0.05) is 6.54 Å². The second kappa shape index (κ2) is 5.80. The van der Waals surface area contributed by atoms with Crippen LogP contribution in [0.2, 0.25) is 0 Å². The van der Waals surface area contributed by atoms with Crippen molar-refractivity contribution in [1.29, 1.82) is 0 Å². The van der Waals surface area contributed by atoms with E-state index in [1.807, 2.05) is 0 Å². The zero-order valence-corrected chi connectivity index (χ0v) is 8.59. The molecular formula is C9H19NO3. The molecule has 0 bridgehead atoms. The van der Waals surface area contributed by atoms with E-state index in [1.165, 1.54) is 0 Å². The molecule has 13 heavy (non-hydrogen) atoms. The van der Waals surface area contributed by atoms with Gasteiger partial charge in [-0.2, -0.15) is 0 Å². The summed E-state index contributed by atoms with van der Waals surface area (Å²) in [5.41, 5.74) is 0.213. The molecule has 0 aromatic carbocycles. The molecule has 0 radical (unpaired) electrons. The molecule has 2 N–H and O–H groups in total. The van der Waals surface area contributed by atoms with Crippen molar-refractivity contribution >= 4 is 6.09 Å². The first-order chi connectivity index (χ1) is 5.95. The van der Waals surface area contributed by atoms with Crippen molar-refractivity contribution in [3.8, 4) is 0 Å². The fraction of sp³-hybridized carbons (Fsp3) is 0.889. The fourth-order valence-electron chi connectivity index (χ4n) is 0.729. The van der Waals surface area contributed by atoms with Crippen molar-refractivity contribution < 1.29 is 14.6 Å². The van der Waals surface area contributed by atoms with E-state index in [-0.39, 0.29) is 18.6 Å². The van der Waals surface area contributed by atoms with Crippen LogP contribution in [0.1, 0.15) is 27.2 Å². The highest BCUT2D eigenvalue weighted by atomic mass is 16.6. The number of carbonyl (C=O) groups excluding carboxylic acids is 1. The first kappa shape index (κ1) is 12.2. The lowest BCUT2D eigenvalue weighted by Crippen LogP contribution is -2.28. The molecular weight excluding hydrogens is 170 g/mol. The first-order valence-corrected chi connectivity index (χ1v) is 4.47. The zero-order valence-electron chi connectivity index (χ0n) is 8.59. The van der Waals surface area contributed by atoms with Crippen LogP contribution in [0.5, 0.6) is 0 Å². The summed E-state index contributed by atoms with van der Waals surface area (Å²) >= 11 is 0. The van der Waals surface area contributed by atoms with Gasteiger partial charge in [0.05, 0.1) is 6.61 Å². The van der Waals surface area contributed by atoms with Gasteiger partial charge >= 0.3 is 6.09 Å². The molecule has 0 fully saturated rings. The van der Waals surface area contributed by atoms with Crippen molar-refractivity contribution in [3.63, 3.8) is 0 Å². The van der Waals surface area contributed by atoms with E-state index in [9.17, 15) is 4.79 Å². The van der Waals surface area contributed by atoms with Gasteiger partial charge in [0.25, 0.3) is 0 Å². The highest BCUT2D eigenvalue weighted by Crippen LogP contribution is 2.16. The Morgan fingerprint density at radius 3 is 2.54 bits per heavy atom. The molecule has 4 heteroatoms. The molecule has 0 unspecified atom stereocenters. The SMILES string of the molecule is CC(C)(C)CCNC(=O)OCCO. The smallest absolute Gasteiger partial charge is 0.407 e. The van der Waals surface area contributed by atoms with Crippen molar-refractivity contribution in [2.24, 2.45) is 5.41 Å². The van der Waals surface area contributed by atoms with E-state index in [0.29, 0.717) is 6.54 Å². The molecule has 0 saturated heterocycles. The van der Waals surface area contributed by atoms with Crippen LogP contribution >= 0.6 is 0 Å². The molecule has 0 spiro atoms. The van der Waals surface area contributed by atoms with Crippen LogP contribution in [0.25, 0.3) is 0 Å². The number of carbonyl (C=O) groups is 1. The molecule has 4 nitrogen and oxygen atoms in total. The van der Waals surface area contributed by atoms with E-state index < -0.39 is 6.09 Å². The van der Waals surface area contributed by atoms with E-state index in [2.05, 4.69) is 30.8 Å². The molecule has 0 atom stereocenters. The number of aliphatic hydroxyl groups is 1. The maximum absolute atomic E-state index is 10.8. The third-order valence-corrected chi connectivity index (χ3v) is 1.47. The summed E-state index contributed by atoms with van der Waals surface area (Å²) in [5, 5.41) is 11.0. The van der Waals surface area contributed by atoms with Crippen LogP contribution in [0.15, 0.2) is 0 Å². The maximum Gasteiger partial charge on any atom is 0.407 e. The third kappa shape index (κ3) is 9.14. The third-order valence-electron chi connectivity index (χ3n) is 1.47. The van der Waals surface area contributed by atoms with E-state index >= 15 is 0 Å². The normalized spacial score (nSPS) is 11.1. The molecule has 0 aliphatic carbocycles. The van der Waals surface area contributed by atoms with Crippen molar-refractivity contribution in [3.05, 3.63) is 0 Å². The quantitative estimate of drug-likeness (QED) is 0.697. The second-order valence-electron chi connectivity index (χ2n) is 4.10. The fourth-order valence-corrected chi connectivity index (χ4v) is 0.729. The second-order valence-corrected chi connectivity index (χ2v) is 4.10. The van der Waals surface area contributed by atoms with Gasteiger partial charge in [-0.15, -0.1) is 0 Å². The average Bonchev–Trinajstić information content (AvgIpc) is 1.98. The molecule has 1 amide bonds. The Morgan fingerprint density at radius 2 is 2.08 bits per heavy atom. The van der Waals surface area contributed by atoms with E-state index in [1.54, 1.807) is 0 Å². The number of amides is 1. The lowest BCUT2D eigenvalue weighted by Gasteiger charge is -2.17. The monoisotopic (exact) mass is 189 g/mol. The van der Waals surface area contributed by atoms with Gasteiger partial charge in [-0.25, -0.2) is 4.79 Å². The summed E-state index contributed by atoms with van der Waals surface area (Å²) in [6, 6.07) is 0. The topological polar surface area (TPSA) is 58.6 Å². The number of aliphatic hydroxyl groups excluding tert-OH is 1. The molecule has 0 saturated carbocycles. The Hall–Kier alpha value is -0.770. The predicted octanol–water partition coefficient (Wildman–Crippen LogP) is 1.14. The number of alkyl carbamates (subject to hydrolysis) is 1. The zero-order chi connectivity index (χ0) is 10.3. The Morgan fingerprint density at radius 1 is 1.46 bits per heavy atom. The molecule has 0 aromatic rings. The summed E-state index contributed by atoms with van der Waals surface area (Å²) < 4.78 is 4.61. The molecule has 78 valence electrons. The van der Waals surface area contributed by atoms with Crippen LogP contribution in [0.4, 0.5) is 4.79 Å². The molecule has 0 heterocycles. The Labute approximate surface area is 79.3 Å². The van der Waals surface area contributed by atoms with Gasteiger partial charge in [-0.3, -0.25) is 0 Å². The van der Waals surface area contributed by atoms with Gasteiger partial charge in [0.1, 0.15) is 6.61 Å². The van der Waals surface area contributed by atoms with Crippen LogP contribution in [0.3, 0.4) is 0 Å². The van der Waals surface area contributed by atoms with Crippen LogP contribution in [-0.4, -0.2) is 31.0 Å². The summed E-state index contributed by atoms with van der Waals surface area (Å²) in [6.07, 6.45) is 0.444. The Kier molecular flexibility index (Phi) is 5.46. The Balaban J connectivity index is 3.37. The van der Waals surface area contributed by atoms with Crippen molar-refractivity contribution in [2.75, 3.05) is 19.8 Å². The van der Waals surface area contributed by atoms with Crippen molar-refractivity contribution in [2.45, 2.75) is 27.2 Å². The Bertz CT molecular complexity index is 151. The lowest BCUT2D eigenvalue weighted by molar-refractivity contribution is 0.118. The van der Waals surface area contributed by atoms with Gasteiger partial charge in [-0.05, 0) is 11.8 Å². The standard InChI is InChI=1S/C9H19NO3/c1-9(2,3)4-5-10-8(12)13-7-6-11/h11H,4-7H2,1-3H3,(H,10,12). The number of rotatable bonds is 4. The largest absolute Gasteiger partial charge is 0.447 e. The van der Waals surface area contributed by atoms with E-state index in [0.717, 1.165) is 6.42 Å². The summed E-state index contributed by atoms with van der Waals surface area (Å²) in [6.45, 7) is 6.84. The summed E-state index contributed by atoms with van der Waals surface area (Å²) in [4.78, 5) is 10.8. The highest BCUT2D eigenvalue weighted by Gasteiger charge is 2.10. The van der Waals surface area contributed by atoms with Gasteiger partial charge in [0.2, 0.25) is 0 Å².